The quantitative estimate of drug-likeness (QED) is 0.287. The molecule has 3 rings (SSSR count). The second kappa shape index (κ2) is 11.2. The van der Waals surface area contributed by atoms with Crippen molar-refractivity contribution in [1.29, 1.82) is 0 Å². The number of ether oxygens (including phenoxy) is 1. The van der Waals surface area contributed by atoms with E-state index in [1.54, 1.807) is 6.33 Å². The zero-order chi connectivity index (χ0) is 25.8. The molecule has 0 fully saturated rings. The molecule has 190 valence electrons. The molecule has 0 saturated carbocycles. The fourth-order valence-corrected chi connectivity index (χ4v) is 3.89. The van der Waals surface area contributed by atoms with Crippen LogP contribution in [0.5, 0.6) is 0 Å². The molecule has 0 aliphatic heterocycles. The summed E-state index contributed by atoms with van der Waals surface area (Å²) in [5.74, 6) is 1.37. The van der Waals surface area contributed by atoms with Crippen LogP contribution in [0.25, 0.3) is 11.2 Å². The number of aromatic nitrogens is 4. The number of nitrogens with one attached hydrogen (secondary N) is 1. The van der Waals surface area contributed by atoms with Crippen LogP contribution < -0.4 is 10.2 Å². The number of hydrogen-bond acceptors (Lipinski definition) is 7. The average Bonchev–Trinajstić information content (AvgIpc) is 3.19. The van der Waals surface area contributed by atoms with Crippen molar-refractivity contribution in [3.8, 4) is 0 Å². The first kappa shape index (κ1) is 26.6. The van der Waals surface area contributed by atoms with Crippen molar-refractivity contribution in [3.05, 3.63) is 47.8 Å². The average molecular weight is 481 g/mol. The van der Waals surface area contributed by atoms with Crippen LogP contribution >= 0.6 is 0 Å². The van der Waals surface area contributed by atoms with Crippen LogP contribution in [0.3, 0.4) is 0 Å². The lowest BCUT2D eigenvalue weighted by Gasteiger charge is -2.23. The summed E-state index contributed by atoms with van der Waals surface area (Å²) in [5, 5.41) is 13.2. The standard InChI is InChI=1S/C27H40N6O2/c1-9-33(15-14-18(2)10-13-22(34)35-8)26-30-24-23(32(7)17-28-24)25(31-26)29-21-16-20(27(4,5)6)12-11-19(21)3/h11-12,16-17,22,34H,2,9-10,13-15H2,1,3-8H3,(H,29,30,31). The van der Waals surface area contributed by atoms with E-state index < -0.39 is 6.29 Å². The van der Waals surface area contributed by atoms with Gasteiger partial charge in [0.2, 0.25) is 5.95 Å². The Morgan fingerprint density at radius 1 is 1.26 bits per heavy atom. The first-order valence-corrected chi connectivity index (χ1v) is 12.2. The summed E-state index contributed by atoms with van der Waals surface area (Å²) in [5.41, 5.74) is 6.06. The SMILES string of the molecule is C=C(CCC(O)OC)CCN(CC)c1nc(Nc2cc(C(C)(C)C)ccc2C)c2c(ncn2C)n1. The van der Waals surface area contributed by atoms with Crippen molar-refractivity contribution in [2.24, 2.45) is 7.05 Å². The minimum Gasteiger partial charge on any atom is -0.368 e. The Morgan fingerprint density at radius 2 is 2.00 bits per heavy atom. The van der Waals surface area contributed by atoms with Crippen molar-refractivity contribution in [2.45, 2.75) is 65.6 Å². The molecule has 1 unspecified atom stereocenters. The van der Waals surface area contributed by atoms with Crippen molar-refractivity contribution in [1.82, 2.24) is 19.5 Å². The molecule has 1 atom stereocenters. The summed E-state index contributed by atoms with van der Waals surface area (Å²) in [6, 6.07) is 6.54. The lowest BCUT2D eigenvalue weighted by atomic mass is 9.86. The maximum Gasteiger partial charge on any atom is 0.229 e. The monoisotopic (exact) mass is 480 g/mol. The minimum atomic E-state index is -0.752. The van der Waals surface area contributed by atoms with Crippen LogP contribution in [0.2, 0.25) is 0 Å². The molecular formula is C27H40N6O2. The van der Waals surface area contributed by atoms with Crippen LogP contribution in [0.1, 0.15) is 58.1 Å². The van der Waals surface area contributed by atoms with Gasteiger partial charge in [-0.1, -0.05) is 45.1 Å². The van der Waals surface area contributed by atoms with Crippen LogP contribution in [0, 0.1) is 6.92 Å². The highest BCUT2D eigenvalue weighted by Gasteiger charge is 2.19. The van der Waals surface area contributed by atoms with Gasteiger partial charge >= 0.3 is 0 Å². The van der Waals surface area contributed by atoms with E-state index in [-0.39, 0.29) is 5.41 Å². The molecule has 0 saturated heterocycles. The Hall–Kier alpha value is -2.97. The molecular weight excluding hydrogens is 440 g/mol. The highest BCUT2D eigenvalue weighted by Crippen LogP contribution is 2.31. The lowest BCUT2D eigenvalue weighted by Crippen LogP contribution is -2.26. The molecule has 3 aromatic rings. The van der Waals surface area contributed by atoms with Gasteiger partial charge in [0.25, 0.3) is 0 Å². The molecule has 0 spiro atoms. The fourth-order valence-electron chi connectivity index (χ4n) is 3.89. The smallest absolute Gasteiger partial charge is 0.229 e. The second-order valence-corrected chi connectivity index (χ2v) is 10.1. The summed E-state index contributed by atoms with van der Waals surface area (Å²) in [6.45, 7) is 16.5. The van der Waals surface area contributed by atoms with Crippen molar-refractivity contribution < 1.29 is 9.84 Å². The first-order chi connectivity index (χ1) is 16.5. The number of imidazole rings is 1. The number of fused-ring (bicyclic) bond motifs is 1. The third kappa shape index (κ3) is 6.58. The molecule has 35 heavy (non-hydrogen) atoms. The molecule has 0 amide bonds. The van der Waals surface area contributed by atoms with Gasteiger partial charge in [-0.05, 0) is 49.3 Å². The summed E-state index contributed by atoms with van der Waals surface area (Å²) >= 11 is 0. The second-order valence-electron chi connectivity index (χ2n) is 10.1. The number of methoxy groups -OCH3 is 1. The van der Waals surface area contributed by atoms with Crippen LogP contribution in [0.4, 0.5) is 17.5 Å². The van der Waals surface area contributed by atoms with Gasteiger partial charge in [-0.2, -0.15) is 9.97 Å². The molecule has 8 heteroatoms. The number of aryl methyl sites for hydroxylation is 2. The van der Waals surface area contributed by atoms with E-state index in [1.807, 2.05) is 11.6 Å². The predicted molar refractivity (Wildman–Crippen MR) is 143 cm³/mol. The maximum atomic E-state index is 9.63. The van der Waals surface area contributed by atoms with E-state index in [1.165, 1.54) is 12.7 Å². The van der Waals surface area contributed by atoms with Gasteiger partial charge in [-0.15, -0.1) is 0 Å². The van der Waals surface area contributed by atoms with Crippen molar-refractivity contribution >= 4 is 28.6 Å². The highest BCUT2D eigenvalue weighted by atomic mass is 16.6. The summed E-state index contributed by atoms with van der Waals surface area (Å²) in [7, 11) is 3.46. The third-order valence-corrected chi connectivity index (χ3v) is 6.33. The Kier molecular flexibility index (Phi) is 8.51. The van der Waals surface area contributed by atoms with Crippen LogP contribution in [0.15, 0.2) is 36.7 Å². The van der Waals surface area contributed by atoms with Gasteiger partial charge in [0.1, 0.15) is 5.52 Å². The first-order valence-electron chi connectivity index (χ1n) is 12.2. The zero-order valence-electron chi connectivity index (χ0n) is 22.2. The minimum absolute atomic E-state index is 0.0452. The van der Waals surface area contributed by atoms with E-state index >= 15 is 0 Å². The molecule has 0 radical (unpaired) electrons. The van der Waals surface area contributed by atoms with E-state index in [4.69, 9.17) is 14.7 Å². The van der Waals surface area contributed by atoms with E-state index in [9.17, 15) is 5.11 Å². The van der Waals surface area contributed by atoms with Gasteiger partial charge in [-0.3, -0.25) is 0 Å². The number of nitrogens with zero attached hydrogens (tertiary/aromatic N) is 5. The number of rotatable bonds is 11. The van der Waals surface area contributed by atoms with Gasteiger partial charge < -0.3 is 24.6 Å². The Bertz CT molecular complexity index is 1160. The van der Waals surface area contributed by atoms with E-state index in [0.717, 1.165) is 47.7 Å². The largest absolute Gasteiger partial charge is 0.368 e. The van der Waals surface area contributed by atoms with Crippen LogP contribution in [-0.2, 0) is 17.2 Å². The molecule has 8 nitrogen and oxygen atoms in total. The predicted octanol–water partition coefficient (Wildman–Crippen LogP) is 5.23. The van der Waals surface area contributed by atoms with E-state index in [2.05, 4.69) is 74.6 Å². The molecule has 0 aliphatic rings. The molecule has 0 aliphatic carbocycles. The van der Waals surface area contributed by atoms with E-state index in [0.29, 0.717) is 24.4 Å². The number of aliphatic hydroxyl groups is 1. The summed E-state index contributed by atoms with van der Waals surface area (Å²) < 4.78 is 6.87. The van der Waals surface area contributed by atoms with Gasteiger partial charge in [0.05, 0.1) is 6.33 Å². The Balaban J connectivity index is 1.89. The zero-order valence-corrected chi connectivity index (χ0v) is 22.2. The van der Waals surface area contributed by atoms with Gasteiger partial charge in [-0.25, -0.2) is 4.98 Å². The molecule has 2 N–H and O–H groups in total. The molecule has 1 aromatic carbocycles. The van der Waals surface area contributed by atoms with Crippen molar-refractivity contribution in [2.75, 3.05) is 30.4 Å². The fraction of sp³-hybridized carbons (Fsp3) is 0.519. The Morgan fingerprint density at radius 3 is 2.66 bits per heavy atom. The maximum absolute atomic E-state index is 9.63. The molecule has 0 bridgehead atoms. The third-order valence-electron chi connectivity index (χ3n) is 6.33. The molecule has 2 aromatic heterocycles. The Labute approximate surface area is 209 Å². The lowest BCUT2D eigenvalue weighted by molar-refractivity contribution is -0.0777. The van der Waals surface area contributed by atoms with Gasteiger partial charge in [0, 0.05) is 39.4 Å². The number of hydrogen-bond donors (Lipinski definition) is 2. The van der Waals surface area contributed by atoms with Crippen LogP contribution in [-0.4, -0.2) is 51.1 Å². The summed E-state index contributed by atoms with van der Waals surface area (Å²) in [6.07, 6.45) is 3.05. The number of aliphatic hydroxyl groups excluding tert-OH is 1. The van der Waals surface area contributed by atoms with Crippen molar-refractivity contribution in [3.63, 3.8) is 0 Å². The number of benzene rings is 1. The van der Waals surface area contributed by atoms with Gasteiger partial charge in [0.15, 0.2) is 17.8 Å². The summed E-state index contributed by atoms with van der Waals surface area (Å²) in [4.78, 5) is 16.4. The molecule has 2 heterocycles. The topological polar surface area (TPSA) is 88.3 Å². The number of anilines is 3. The normalized spacial score (nSPS) is 12.7. The highest BCUT2D eigenvalue weighted by molar-refractivity contribution is 5.87.